The summed E-state index contributed by atoms with van der Waals surface area (Å²) in [7, 11) is 0. The van der Waals surface area contributed by atoms with Crippen molar-refractivity contribution in [1.82, 2.24) is 4.98 Å². The number of benzene rings is 1. The van der Waals surface area contributed by atoms with E-state index >= 15 is 0 Å². The highest BCUT2D eigenvalue weighted by molar-refractivity contribution is 5.99. The molecule has 1 aromatic carbocycles. The smallest absolute Gasteiger partial charge is 0.408 e. The number of hydrogen-bond donors (Lipinski definition) is 2. The molecule has 0 aliphatic rings. The number of fused-ring (bicyclic) bond motifs is 1. The molecule has 0 amide bonds. The van der Waals surface area contributed by atoms with Gasteiger partial charge in [-0.25, -0.2) is 4.79 Å². The molecule has 0 fully saturated rings. The Morgan fingerprint density at radius 3 is 2.82 bits per heavy atom. The Labute approximate surface area is 97.6 Å². The Bertz CT molecular complexity index is 616. The van der Waals surface area contributed by atoms with Crippen LogP contribution in [0, 0.1) is 0 Å². The van der Waals surface area contributed by atoms with Gasteiger partial charge in [0.15, 0.2) is 11.4 Å². The van der Waals surface area contributed by atoms with Gasteiger partial charge in [-0.1, -0.05) is 0 Å². The van der Waals surface area contributed by atoms with Gasteiger partial charge >= 0.3 is 5.76 Å². The number of carbonyl (C=O) groups is 1. The largest absolute Gasteiger partial charge is 0.417 e. The Morgan fingerprint density at radius 2 is 2.18 bits per heavy atom. The fourth-order valence-electron chi connectivity index (χ4n) is 1.63. The molecule has 0 aliphatic heterocycles. The average Bonchev–Trinajstić information content (AvgIpc) is 2.53. The molecule has 17 heavy (non-hydrogen) atoms. The van der Waals surface area contributed by atoms with Crippen molar-refractivity contribution in [3.63, 3.8) is 0 Å². The average molecular weight is 234 g/mol. The van der Waals surface area contributed by atoms with Gasteiger partial charge < -0.3 is 10.2 Å². The number of oxazole rings is 1. The second-order valence-corrected chi connectivity index (χ2v) is 4.81. The van der Waals surface area contributed by atoms with E-state index in [1.165, 1.54) is 0 Å². The van der Waals surface area contributed by atoms with Crippen LogP contribution in [0.5, 0.6) is 0 Å². The van der Waals surface area contributed by atoms with Crippen molar-refractivity contribution >= 4 is 16.9 Å². The minimum Gasteiger partial charge on any atom is -0.408 e. The lowest BCUT2D eigenvalue weighted by Crippen LogP contribution is -2.34. The first-order chi connectivity index (χ1) is 7.85. The summed E-state index contributed by atoms with van der Waals surface area (Å²) in [4.78, 5) is 25.4. The van der Waals surface area contributed by atoms with E-state index in [-0.39, 0.29) is 12.2 Å². The maximum absolute atomic E-state index is 11.9. The van der Waals surface area contributed by atoms with Crippen LogP contribution in [0.1, 0.15) is 30.6 Å². The lowest BCUT2D eigenvalue weighted by Gasteiger charge is -2.16. The van der Waals surface area contributed by atoms with E-state index in [1.807, 2.05) is 0 Å². The van der Waals surface area contributed by atoms with Crippen LogP contribution in [0.4, 0.5) is 0 Å². The third-order valence-electron chi connectivity index (χ3n) is 2.36. The fraction of sp³-hybridized carbons (Fsp3) is 0.333. The molecular weight excluding hydrogens is 220 g/mol. The van der Waals surface area contributed by atoms with E-state index in [4.69, 9.17) is 10.2 Å². The summed E-state index contributed by atoms with van der Waals surface area (Å²) in [6, 6.07) is 4.86. The van der Waals surface area contributed by atoms with Gasteiger partial charge in [0.2, 0.25) is 0 Å². The van der Waals surface area contributed by atoms with Crippen molar-refractivity contribution in [2.75, 3.05) is 0 Å². The third-order valence-corrected chi connectivity index (χ3v) is 2.36. The SMILES string of the molecule is CC(C)(N)CC(=O)c1ccc2[nH]c(=O)oc2c1. The summed E-state index contributed by atoms with van der Waals surface area (Å²) in [5.74, 6) is -0.591. The molecule has 0 saturated carbocycles. The van der Waals surface area contributed by atoms with Crippen LogP contribution in [0.3, 0.4) is 0 Å². The monoisotopic (exact) mass is 234 g/mol. The first-order valence-corrected chi connectivity index (χ1v) is 5.30. The van der Waals surface area contributed by atoms with Crippen molar-refractivity contribution in [2.45, 2.75) is 25.8 Å². The Kier molecular flexibility index (Phi) is 2.63. The molecule has 2 rings (SSSR count). The number of aromatic nitrogens is 1. The fourth-order valence-corrected chi connectivity index (χ4v) is 1.63. The van der Waals surface area contributed by atoms with Gasteiger partial charge in [0, 0.05) is 17.5 Å². The number of H-pyrrole nitrogens is 1. The molecule has 1 heterocycles. The van der Waals surface area contributed by atoms with Crippen LogP contribution in [-0.2, 0) is 0 Å². The summed E-state index contributed by atoms with van der Waals surface area (Å²) in [5.41, 5.74) is 6.71. The minimum atomic E-state index is -0.551. The lowest BCUT2D eigenvalue weighted by atomic mass is 9.95. The Hall–Kier alpha value is -1.88. The number of Topliss-reactive ketones (excluding diaryl/α,β-unsaturated/α-hetero) is 1. The van der Waals surface area contributed by atoms with Crippen LogP contribution < -0.4 is 11.5 Å². The number of rotatable bonds is 3. The molecule has 0 unspecified atom stereocenters. The molecule has 90 valence electrons. The van der Waals surface area contributed by atoms with E-state index in [0.717, 1.165) is 0 Å². The van der Waals surface area contributed by atoms with Gasteiger partial charge in [-0.3, -0.25) is 9.78 Å². The second-order valence-electron chi connectivity index (χ2n) is 4.81. The van der Waals surface area contributed by atoms with Crippen LogP contribution >= 0.6 is 0 Å². The highest BCUT2D eigenvalue weighted by atomic mass is 16.4. The normalized spacial score (nSPS) is 11.9. The number of nitrogens with two attached hydrogens (primary N) is 1. The van der Waals surface area contributed by atoms with Gasteiger partial charge in [-0.2, -0.15) is 0 Å². The van der Waals surface area contributed by atoms with Crippen LogP contribution in [0.15, 0.2) is 27.4 Å². The first kappa shape index (κ1) is 11.6. The Morgan fingerprint density at radius 1 is 1.47 bits per heavy atom. The molecular formula is C12H14N2O3. The topological polar surface area (TPSA) is 89.1 Å². The zero-order valence-corrected chi connectivity index (χ0v) is 9.74. The van der Waals surface area contributed by atoms with Gasteiger partial charge in [0.1, 0.15) is 0 Å². The highest BCUT2D eigenvalue weighted by Gasteiger charge is 2.18. The number of aromatic amines is 1. The Balaban J connectivity index is 2.36. The van der Waals surface area contributed by atoms with Crippen LogP contribution in [-0.4, -0.2) is 16.3 Å². The summed E-state index contributed by atoms with van der Waals surface area (Å²) in [6.07, 6.45) is 0.243. The maximum Gasteiger partial charge on any atom is 0.417 e. The second kappa shape index (κ2) is 3.85. The zero-order valence-electron chi connectivity index (χ0n) is 9.74. The van der Waals surface area contributed by atoms with Crippen molar-refractivity contribution in [3.8, 4) is 0 Å². The molecule has 1 aromatic heterocycles. The summed E-state index contributed by atoms with van der Waals surface area (Å²) >= 11 is 0. The number of hydrogen-bond acceptors (Lipinski definition) is 4. The van der Waals surface area contributed by atoms with E-state index in [2.05, 4.69) is 4.98 Å². The first-order valence-electron chi connectivity index (χ1n) is 5.30. The van der Waals surface area contributed by atoms with Gasteiger partial charge in [0.25, 0.3) is 0 Å². The number of ketones is 1. The van der Waals surface area contributed by atoms with E-state index in [1.54, 1.807) is 32.0 Å². The summed E-state index contributed by atoms with van der Waals surface area (Å²) in [6.45, 7) is 3.58. The van der Waals surface area contributed by atoms with Crippen molar-refractivity contribution < 1.29 is 9.21 Å². The predicted octanol–water partition coefficient (Wildman–Crippen LogP) is 1.43. The summed E-state index contributed by atoms with van der Waals surface area (Å²) in [5, 5.41) is 0. The van der Waals surface area contributed by atoms with Crippen molar-refractivity contribution in [1.29, 1.82) is 0 Å². The van der Waals surface area contributed by atoms with Gasteiger partial charge in [-0.05, 0) is 32.0 Å². The highest BCUT2D eigenvalue weighted by Crippen LogP contribution is 2.16. The lowest BCUT2D eigenvalue weighted by molar-refractivity contribution is 0.0960. The third kappa shape index (κ3) is 2.62. The molecule has 5 nitrogen and oxygen atoms in total. The van der Waals surface area contributed by atoms with Crippen molar-refractivity contribution in [3.05, 3.63) is 34.3 Å². The van der Waals surface area contributed by atoms with Gasteiger partial charge in [0.05, 0.1) is 5.52 Å². The van der Waals surface area contributed by atoms with E-state index < -0.39 is 11.3 Å². The number of nitrogens with one attached hydrogen (secondary N) is 1. The number of carbonyl (C=O) groups excluding carboxylic acids is 1. The minimum absolute atomic E-state index is 0.0664. The van der Waals surface area contributed by atoms with Crippen LogP contribution in [0.25, 0.3) is 11.1 Å². The zero-order chi connectivity index (χ0) is 12.6. The van der Waals surface area contributed by atoms with Crippen LogP contribution in [0.2, 0.25) is 0 Å². The standard InChI is InChI=1S/C12H14N2O3/c1-12(2,13)6-9(15)7-3-4-8-10(5-7)17-11(16)14-8/h3-5H,6,13H2,1-2H3,(H,14,16). The van der Waals surface area contributed by atoms with Crippen molar-refractivity contribution in [2.24, 2.45) is 5.73 Å². The summed E-state index contributed by atoms with van der Waals surface area (Å²) < 4.78 is 4.89. The molecule has 0 bridgehead atoms. The molecule has 2 aromatic rings. The van der Waals surface area contributed by atoms with Gasteiger partial charge in [-0.15, -0.1) is 0 Å². The van der Waals surface area contributed by atoms with E-state index in [0.29, 0.717) is 16.7 Å². The predicted molar refractivity (Wildman–Crippen MR) is 64.0 cm³/mol. The molecule has 0 atom stereocenters. The molecule has 3 N–H and O–H groups in total. The molecule has 5 heteroatoms. The quantitative estimate of drug-likeness (QED) is 0.786. The molecule has 0 saturated heterocycles. The molecule has 0 radical (unpaired) electrons. The maximum atomic E-state index is 11.9. The van der Waals surface area contributed by atoms with E-state index in [9.17, 15) is 9.59 Å². The molecule has 0 aliphatic carbocycles. The molecule has 0 spiro atoms.